The molecule has 0 saturated carbocycles. The maximum atomic E-state index is 12.3. The van der Waals surface area contributed by atoms with Crippen LogP contribution in [0.2, 0.25) is 0 Å². The standard InChI is InChI=1S/C20H19NO6S/c1-10-12(3)28-18(16(10)19(23)25-4)21-15(22)9-26-20(24)17-11(2)13-7-5-6-8-14(13)27-17/h5-8H,9H2,1-4H3,(H,21,22). The lowest BCUT2D eigenvalue weighted by Crippen LogP contribution is -2.21. The number of aryl methyl sites for hydroxylation is 2. The first kappa shape index (κ1) is 19.6. The number of amides is 1. The van der Waals surface area contributed by atoms with Gasteiger partial charge in [0.15, 0.2) is 6.61 Å². The van der Waals surface area contributed by atoms with Gasteiger partial charge in [-0.3, -0.25) is 4.79 Å². The van der Waals surface area contributed by atoms with Crippen LogP contribution < -0.4 is 5.32 Å². The Labute approximate surface area is 165 Å². The number of nitrogens with one attached hydrogen (secondary N) is 1. The zero-order valence-corrected chi connectivity index (χ0v) is 16.7. The van der Waals surface area contributed by atoms with Crippen LogP contribution in [0.4, 0.5) is 5.00 Å². The predicted molar refractivity (Wildman–Crippen MR) is 105 cm³/mol. The fourth-order valence-electron chi connectivity index (χ4n) is 2.79. The third-order valence-electron chi connectivity index (χ3n) is 4.39. The average molecular weight is 401 g/mol. The number of hydrogen-bond donors (Lipinski definition) is 1. The molecule has 1 N–H and O–H groups in total. The van der Waals surface area contributed by atoms with Crippen LogP contribution in [0.1, 0.15) is 36.9 Å². The largest absolute Gasteiger partial charge is 0.465 e. The molecule has 2 heterocycles. The van der Waals surface area contributed by atoms with Gasteiger partial charge < -0.3 is 19.2 Å². The van der Waals surface area contributed by atoms with Gasteiger partial charge in [-0.05, 0) is 32.4 Å². The van der Waals surface area contributed by atoms with Crippen LogP contribution in [-0.4, -0.2) is 31.6 Å². The molecule has 7 nitrogen and oxygen atoms in total. The molecule has 8 heteroatoms. The number of methoxy groups -OCH3 is 1. The van der Waals surface area contributed by atoms with E-state index in [9.17, 15) is 14.4 Å². The minimum absolute atomic E-state index is 0.0621. The molecule has 3 rings (SSSR count). The van der Waals surface area contributed by atoms with Crippen LogP contribution in [-0.2, 0) is 14.3 Å². The molecule has 0 radical (unpaired) electrons. The van der Waals surface area contributed by atoms with Gasteiger partial charge in [0, 0.05) is 15.8 Å². The summed E-state index contributed by atoms with van der Waals surface area (Å²) in [6, 6.07) is 7.24. The van der Waals surface area contributed by atoms with Gasteiger partial charge in [-0.15, -0.1) is 11.3 Å². The van der Waals surface area contributed by atoms with E-state index in [1.54, 1.807) is 26.0 Å². The zero-order chi connectivity index (χ0) is 20.4. The highest BCUT2D eigenvalue weighted by Crippen LogP contribution is 2.33. The number of para-hydroxylation sites is 1. The monoisotopic (exact) mass is 401 g/mol. The van der Waals surface area contributed by atoms with Gasteiger partial charge >= 0.3 is 11.9 Å². The Balaban J connectivity index is 1.69. The number of rotatable bonds is 5. The van der Waals surface area contributed by atoms with Crippen LogP contribution in [0.25, 0.3) is 11.0 Å². The zero-order valence-electron chi connectivity index (χ0n) is 15.9. The van der Waals surface area contributed by atoms with E-state index < -0.39 is 24.5 Å². The normalized spacial score (nSPS) is 10.7. The van der Waals surface area contributed by atoms with Crippen molar-refractivity contribution < 1.29 is 28.3 Å². The summed E-state index contributed by atoms with van der Waals surface area (Å²) in [5, 5.41) is 3.78. The Morgan fingerprint density at radius 1 is 1.07 bits per heavy atom. The molecule has 28 heavy (non-hydrogen) atoms. The number of thiophene rings is 1. The van der Waals surface area contributed by atoms with E-state index in [-0.39, 0.29) is 5.76 Å². The van der Waals surface area contributed by atoms with Crippen molar-refractivity contribution in [2.24, 2.45) is 0 Å². The molecule has 2 aromatic heterocycles. The molecule has 0 bridgehead atoms. The van der Waals surface area contributed by atoms with Crippen molar-refractivity contribution in [3.05, 3.63) is 51.6 Å². The number of ether oxygens (including phenoxy) is 2. The van der Waals surface area contributed by atoms with Crippen molar-refractivity contribution in [3.63, 3.8) is 0 Å². The Morgan fingerprint density at radius 2 is 1.79 bits per heavy atom. The molecule has 0 unspecified atom stereocenters. The van der Waals surface area contributed by atoms with E-state index in [2.05, 4.69) is 5.32 Å². The van der Waals surface area contributed by atoms with Crippen molar-refractivity contribution in [2.75, 3.05) is 19.0 Å². The highest BCUT2D eigenvalue weighted by Gasteiger charge is 2.23. The average Bonchev–Trinajstić information content (AvgIpc) is 3.16. The number of fused-ring (bicyclic) bond motifs is 1. The van der Waals surface area contributed by atoms with E-state index in [1.165, 1.54) is 18.4 Å². The van der Waals surface area contributed by atoms with Crippen molar-refractivity contribution >= 4 is 45.2 Å². The van der Waals surface area contributed by atoms with E-state index >= 15 is 0 Å². The van der Waals surface area contributed by atoms with Gasteiger partial charge in [0.2, 0.25) is 5.76 Å². The second-order valence-corrected chi connectivity index (χ2v) is 7.38. The first-order chi connectivity index (χ1) is 13.3. The number of benzene rings is 1. The summed E-state index contributed by atoms with van der Waals surface area (Å²) >= 11 is 1.26. The van der Waals surface area contributed by atoms with Crippen molar-refractivity contribution in [1.29, 1.82) is 0 Å². The number of carbonyl (C=O) groups excluding carboxylic acids is 3. The Hall–Kier alpha value is -3.13. The van der Waals surface area contributed by atoms with Crippen LogP contribution in [0.3, 0.4) is 0 Å². The third-order valence-corrected chi connectivity index (χ3v) is 5.51. The van der Waals surface area contributed by atoms with Gasteiger partial charge in [-0.25, -0.2) is 9.59 Å². The number of anilines is 1. The molecule has 0 aliphatic heterocycles. The topological polar surface area (TPSA) is 94.8 Å². The summed E-state index contributed by atoms with van der Waals surface area (Å²) in [6.45, 7) is 4.86. The molecule has 0 saturated heterocycles. The first-order valence-electron chi connectivity index (χ1n) is 8.46. The third kappa shape index (κ3) is 3.63. The van der Waals surface area contributed by atoms with Crippen molar-refractivity contribution in [2.45, 2.75) is 20.8 Å². The Morgan fingerprint density at radius 3 is 2.46 bits per heavy atom. The van der Waals surface area contributed by atoms with Crippen LogP contribution in [0.15, 0.2) is 28.7 Å². The van der Waals surface area contributed by atoms with Gasteiger partial charge in [-0.1, -0.05) is 18.2 Å². The number of carbonyl (C=O) groups is 3. The smallest absolute Gasteiger partial charge is 0.375 e. The van der Waals surface area contributed by atoms with E-state index in [0.717, 1.165) is 15.8 Å². The molecular weight excluding hydrogens is 382 g/mol. The summed E-state index contributed by atoms with van der Waals surface area (Å²) in [4.78, 5) is 37.4. The molecule has 1 aromatic carbocycles. The Kier molecular flexibility index (Phi) is 5.51. The predicted octanol–water partition coefficient (Wildman–Crippen LogP) is 4.00. The molecule has 0 aliphatic carbocycles. The van der Waals surface area contributed by atoms with Gasteiger partial charge in [0.1, 0.15) is 10.6 Å². The molecule has 0 fully saturated rings. The number of furan rings is 1. The molecule has 0 atom stereocenters. The molecule has 146 valence electrons. The van der Waals surface area contributed by atoms with Crippen molar-refractivity contribution in [3.8, 4) is 0 Å². The summed E-state index contributed by atoms with van der Waals surface area (Å²) in [5.41, 5.74) is 2.27. The summed E-state index contributed by atoms with van der Waals surface area (Å²) in [6.07, 6.45) is 0. The van der Waals surface area contributed by atoms with E-state index in [4.69, 9.17) is 13.9 Å². The minimum Gasteiger partial charge on any atom is -0.465 e. The lowest BCUT2D eigenvalue weighted by molar-refractivity contribution is -0.119. The van der Waals surface area contributed by atoms with Gasteiger partial charge in [0.05, 0.1) is 12.7 Å². The van der Waals surface area contributed by atoms with Crippen LogP contribution in [0.5, 0.6) is 0 Å². The van der Waals surface area contributed by atoms with E-state index in [0.29, 0.717) is 21.7 Å². The second-order valence-electron chi connectivity index (χ2n) is 6.16. The van der Waals surface area contributed by atoms with E-state index in [1.807, 2.05) is 19.1 Å². The fraction of sp³-hybridized carbons (Fsp3) is 0.250. The minimum atomic E-state index is -0.726. The first-order valence-corrected chi connectivity index (χ1v) is 9.28. The number of esters is 2. The maximum Gasteiger partial charge on any atom is 0.375 e. The Bertz CT molecular complexity index is 1080. The molecular formula is C20H19NO6S. The highest BCUT2D eigenvalue weighted by atomic mass is 32.1. The molecule has 0 spiro atoms. The van der Waals surface area contributed by atoms with Crippen LogP contribution >= 0.6 is 11.3 Å². The summed E-state index contributed by atoms with van der Waals surface area (Å²) in [7, 11) is 1.28. The number of hydrogen-bond acceptors (Lipinski definition) is 7. The molecule has 1 amide bonds. The molecule has 3 aromatic rings. The second kappa shape index (κ2) is 7.85. The van der Waals surface area contributed by atoms with Gasteiger partial charge in [0.25, 0.3) is 5.91 Å². The summed E-state index contributed by atoms with van der Waals surface area (Å²) < 4.78 is 15.4. The highest BCUT2D eigenvalue weighted by molar-refractivity contribution is 7.16. The summed E-state index contributed by atoms with van der Waals surface area (Å²) in [5.74, 6) is -1.76. The SMILES string of the molecule is COC(=O)c1c(NC(=O)COC(=O)c2oc3ccccc3c2C)sc(C)c1C. The fourth-order valence-corrected chi connectivity index (χ4v) is 3.86. The molecule has 0 aliphatic rings. The maximum absolute atomic E-state index is 12.3. The van der Waals surface area contributed by atoms with Crippen LogP contribution in [0, 0.1) is 20.8 Å². The van der Waals surface area contributed by atoms with Gasteiger partial charge in [-0.2, -0.15) is 0 Å². The quantitative estimate of drug-likeness (QED) is 0.649. The lowest BCUT2D eigenvalue weighted by atomic mass is 10.1. The van der Waals surface area contributed by atoms with Crippen molar-refractivity contribution in [1.82, 2.24) is 0 Å². The lowest BCUT2D eigenvalue weighted by Gasteiger charge is -2.07.